The Morgan fingerprint density at radius 3 is 2.59 bits per heavy atom. The Balaban J connectivity index is 1.72. The van der Waals surface area contributed by atoms with Gasteiger partial charge in [-0.25, -0.2) is 0 Å². The number of ether oxygens (including phenoxy) is 1. The second-order valence-electron chi connectivity index (χ2n) is 6.90. The third kappa shape index (κ3) is 3.97. The molecule has 0 amide bonds. The van der Waals surface area contributed by atoms with E-state index in [9.17, 15) is 5.11 Å². The van der Waals surface area contributed by atoms with Gasteiger partial charge in [0, 0.05) is 18.2 Å². The Hall–Kier alpha value is -3.28. The summed E-state index contributed by atoms with van der Waals surface area (Å²) in [6, 6.07) is 21.9. The highest BCUT2D eigenvalue weighted by Gasteiger charge is 2.14. The number of aliphatic hydroxyl groups is 1. The summed E-state index contributed by atoms with van der Waals surface area (Å²) in [6.45, 7) is 2.56. The smallest absolute Gasteiger partial charge is 0.258 e. The van der Waals surface area contributed by atoms with Gasteiger partial charge >= 0.3 is 0 Å². The lowest BCUT2D eigenvalue weighted by atomic mass is 9.94. The number of aliphatic hydroxyl groups excluding tert-OH is 1. The molecule has 0 aliphatic rings. The summed E-state index contributed by atoms with van der Waals surface area (Å²) in [5, 5.41) is 13.4. The zero-order chi connectivity index (χ0) is 20.2. The molecule has 0 aliphatic heterocycles. The van der Waals surface area contributed by atoms with E-state index >= 15 is 0 Å². The second-order valence-corrected chi connectivity index (χ2v) is 6.90. The summed E-state index contributed by atoms with van der Waals surface area (Å²) >= 11 is 0. The Morgan fingerprint density at radius 2 is 1.79 bits per heavy atom. The third-order valence-corrected chi connectivity index (χ3v) is 4.88. The van der Waals surface area contributed by atoms with Crippen molar-refractivity contribution in [3.05, 3.63) is 83.4 Å². The maximum Gasteiger partial charge on any atom is 0.258 e. The van der Waals surface area contributed by atoms with Gasteiger partial charge in [-0.15, -0.1) is 0 Å². The van der Waals surface area contributed by atoms with Crippen LogP contribution in [0.25, 0.3) is 34.0 Å². The van der Waals surface area contributed by atoms with Crippen molar-refractivity contribution in [2.24, 2.45) is 0 Å². The zero-order valence-corrected chi connectivity index (χ0v) is 16.4. The van der Waals surface area contributed by atoms with Crippen LogP contribution in [0.4, 0.5) is 0 Å². The van der Waals surface area contributed by atoms with Crippen molar-refractivity contribution >= 4 is 0 Å². The third-order valence-electron chi connectivity index (χ3n) is 4.88. The Kier molecular flexibility index (Phi) is 5.51. The molecule has 5 heteroatoms. The maximum atomic E-state index is 9.34. The molecule has 1 heterocycles. The first kappa shape index (κ1) is 19.1. The van der Waals surface area contributed by atoms with Crippen LogP contribution < -0.4 is 0 Å². The van der Waals surface area contributed by atoms with Gasteiger partial charge in [-0.3, -0.25) is 0 Å². The minimum absolute atomic E-state index is 0.0285. The molecule has 0 saturated heterocycles. The lowest BCUT2D eigenvalue weighted by molar-refractivity contribution is 0.185. The second kappa shape index (κ2) is 8.39. The number of aromatic nitrogens is 2. The Bertz CT molecular complexity index is 1130. The molecule has 4 rings (SSSR count). The van der Waals surface area contributed by atoms with Gasteiger partial charge in [0.1, 0.15) is 0 Å². The van der Waals surface area contributed by atoms with Crippen LogP contribution in [-0.4, -0.2) is 22.4 Å². The van der Waals surface area contributed by atoms with Crippen molar-refractivity contribution < 1.29 is 14.4 Å². The summed E-state index contributed by atoms with van der Waals surface area (Å²) in [4.78, 5) is 4.55. The highest BCUT2D eigenvalue weighted by Crippen LogP contribution is 2.31. The van der Waals surface area contributed by atoms with Crippen molar-refractivity contribution in [3.63, 3.8) is 0 Å². The number of aryl methyl sites for hydroxylation is 1. The van der Waals surface area contributed by atoms with Gasteiger partial charge in [0.2, 0.25) is 5.82 Å². The number of hydrogen-bond acceptors (Lipinski definition) is 5. The molecule has 0 unspecified atom stereocenters. The molecular weight excluding hydrogens is 364 g/mol. The molecule has 0 spiro atoms. The van der Waals surface area contributed by atoms with Crippen molar-refractivity contribution in [2.75, 3.05) is 7.11 Å². The van der Waals surface area contributed by atoms with Crippen molar-refractivity contribution in [3.8, 4) is 34.0 Å². The fraction of sp³-hybridized carbons (Fsp3) is 0.167. The molecule has 0 saturated carbocycles. The summed E-state index contributed by atoms with van der Waals surface area (Å²) in [5.74, 6) is 0.940. The SMILES string of the molecule is COCc1cc(-c2nc(-c3cccc(CO)c3)no2)ccc1-c1ccccc1C. The first-order chi connectivity index (χ1) is 14.2. The highest BCUT2D eigenvalue weighted by atomic mass is 16.5. The molecule has 0 bridgehead atoms. The minimum atomic E-state index is -0.0285. The number of hydrogen-bond donors (Lipinski definition) is 1. The van der Waals surface area contributed by atoms with E-state index in [0.717, 1.165) is 27.8 Å². The summed E-state index contributed by atoms with van der Waals surface area (Å²) < 4.78 is 10.9. The van der Waals surface area contributed by atoms with Crippen molar-refractivity contribution in [2.45, 2.75) is 20.1 Å². The summed E-state index contributed by atoms with van der Waals surface area (Å²) in [5.41, 5.74) is 7.02. The molecule has 146 valence electrons. The van der Waals surface area contributed by atoms with E-state index in [1.165, 1.54) is 11.1 Å². The van der Waals surface area contributed by atoms with Gasteiger partial charge in [-0.2, -0.15) is 4.98 Å². The first-order valence-electron chi connectivity index (χ1n) is 9.41. The molecule has 0 radical (unpaired) electrons. The van der Waals surface area contributed by atoms with E-state index in [2.05, 4.69) is 35.3 Å². The normalized spacial score (nSPS) is 11.0. The first-order valence-corrected chi connectivity index (χ1v) is 9.41. The lowest BCUT2D eigenvalue weighted by Crippen LogP contribution is -1.95. The van der Waals surface area contributed by atoms with E-state index in [1.807, 2.05) is 48.5 Å². The van der Waals surface area contributed by atoms with Gasteiger partial charge in [0.25, 0.3) is 5.89 Å². The molecule has 29 heavy (non-hydrogen) atoms. The standard InChI is InChI=1S/C24H22N2O3/c1-16-6-3-4-9-21(16)22-11-10-19(13-20(22)15-28-2)24-25-23(26-29-24)18-8-5-7-17(12-18)14-27/h3-13,27H,14-15H2,1-2H3. The summed E-state index contributed by atoms with van der Waals surface area (Å²) in [6.07, 6.45) is 0. The quantitative estimate of drug-likeness (QED) is 0.504. The summed E-state index contributed by atoms with van der Waals surface area (Å²) in [7, 11) is 1.69. The van der Waals surface area contributed by atoms with Gasteiger partial charge in [0.05, 0.1) is 13.2 Å². The van der Waals surface area contributed by atoms with E-state index in [-0.39, 0.29) is 6.61 Å². The van der Waals surface area contributed by atoms with E-state index in [0.29, 0.717) is 18.3 Å². The topological polar surface area (TPSA) is 68.4 Å². The molecule has 5 nitrogen and oxygen atoms in total. The fourth-order valence-corrected chi connectivity index (χ4v) is 3.41. The average molecular weight is 386 g/mol. The number of nitrogens with zero attached hydrogens (tertiary/aromatic N) is 2. The largest absolute Gasteiger partial charge is 0.392 e. The van der Waals surface area contributed by atoms with Crippen LogP contribution in [0.15, 0.2) is 71.3 Å². The maximum absolute atomic E-state index is 9.34. The Morgan fingerprint density at radius 1 is 0.931 bits per heavy atom. The zero-order valence-electron chi connectivity index (χ0n) is 16.4. The molecule has 4 aromatic rings. The van der Waals surface area contributed by atoms with E-state index < -0.39 is 0 Å². The predicted molar refractivity (Wildman–Crippen MR) is 112 cm³/mol. The van der Waals surface area contributed by atoms with Crippen molar-refractivity contribution in [1.29, 1.82) is 0 Å². The molecular formula is C24H22N2O3. The van der Waals surface area contributed by atoms with Gasteiger partial charge in [-0.1, -0.05) is 53.7 Å². The number of methoxy groups -OCH3 is 1. The minimum Gasteiger partial charge on any atom is -0.392 e. The highest BCUT2D eigenvalue weighted by molar-refractivity contribution is 5.74. The van der Waals surface area contributed by atoms with Gasteiger partial charge in [-0.05, 0) is 52.9 Å². The van der Waals surface area contributed by atoms with Crippen LogP contribution >= 0.6 is 0 Å². The van der Waals surface area contributed by atoms with Crippen LogP contribution in [0.3, 0.4) is 0 Å². The number of rotatable bonds is 6. The fourth-order valence-electron chi connectivity index (χ4n) is 3.41. The van der Waals surface area contributed by atoms with Crippen LogP contribution in [-0.2, 0) is 18.0 Å². The van der Waals surface area contributed by atoms with E-state index in [4.69, 9.17) is 9.26 Å². The van der Waals surface area contributed by atoms with Crippen LogP contribution in [0.1, 0.15) is 16.7 Å². The molecule has 3 aromatic carbocycles. The molecule has 0 fully saturated rings. The van der Waals surface area contributed by atoms with Crippen LogP contribution in [0.2, 0.25) is 0 Å². The van der Waals surface area contributed by atoms with Crippen molar-refractivity contribution in [1.82, 2.24) is 10.1 Å². The average Bonchev–Trinajstić information content (AvgIpc) is 3.25. The lowest BCUT2D eigenvalue weighted by Gasteiger charge is -2.12. The molecule has 0 aliphatic carbocycles. The Labute approximate surface area is 169 Å². The van der Waals surface area contributed by atoms with Gasteiger partial charge < -0.3 is 14.4 Å². The van der Waals surface area contributed by atoms with Crippen LogP contribution in [0.5, 0.6) is 0 Å². The number of benzene rings is 3. The molecule has 0 atom stereocenters. The molecule has 1 N–H and O–H groups in total. The van der Waals surface area contributed by atoms with Crippen LogP contribution in [0, 0.1) is 6.92 Å². The van der Waals surface area contributed by atoms with Gasteiger partial charge in [0.15, 0.2) is 0 Å². The van der Waals surface area contributed by atoms with E-state index in [1.54, 1.807) is 7.11 Å². The predicted octanol–water partition coefficient (Wildman–Crippen LogP) is 5.02. The molecule has 1 aromatic heterocycles. The monoisotopic (exact) mass is 386 g/mol.